The molecule has 0 bridgehead atoms. The second-order valence-electron chi connectivity index (χ2n) is 3.92. The minimum atomic E-state index is -1.11. The first kappa shape index (κ1) is 13.2. The molecule has 1 aromatic carbocycles. The Bertz CT molecular complexity index is 651. The average Bonchev–Trinajstić information content (AvgIpc) is 2.74. The highest BCUT2D eigenvalue weighted by atomic mass is 35.5. The highest BCUT2D eigenvalue weighted by Crippen LogP contribution is 2.27. The third-order valence-corrected chi connectivity index (χ3v) is 2.84. The van der Waals surface area contributed by atoms with E-state index in [9.17, 15) is 4.79 Å². The van der Waals surface area contributed by atoms with E-state index in [-0.39, 0.29) is 12.1 Å². The number of hydrogen-bond acceptors (Lipinski definition) is 4. The van der Waals surface area contributed by atoms with Crippen molar-refractivity contribution in [2.45, 2.75) is 13.5 Å². The predicted molar refractivity (Wildman–Crippen MR) is 69.8 cm³/mol. The molecule has 98 valence electrons. The first-order valence-corrected chi connectivity index (χ1v) is 5.81. The standard InChI is InChI=1S/C12H11ClN4O2/c1-7(12(18)19)11-9(4-3-5-10(11)13)6-17-15-8(2)14-16-17/h3-5H,1,6H2,2H3,(H,18,19). The monoisotopic (exact) mass is 278 g/mol. The van der Waals surface area contributed by atoms with Crippen LogP contribution < -0.4 is 0 Å². The van der Waals surface area contributed by atoms with Gasteiger partial charge in [0.1, 0.15) is 0 Å². The first-order chi connectivity index (χ1) is 8.99. The zero-order valence-corrected chi connectivity index (χ0v) is 10.9. The molecular weight excluding hydrogens is 268 g/mol. The maximum Gasteiger partial charge on any atom is 0.335 e. The number of carboxylic acid groups (broad SMARTS) is 1. The van der Waals surface area contributed by atoms with Crippen molar-refractivity contribution in [3.8, 4) is 0 Å². The molecule has 0 saturated carbocycles. The Kier molecular flexibility index (Phi) is 3.62. The van der Waals surface area contributed by atoms with Gasteiger partial charge in [0.25, 0.3) is 0 Å². The van der Waals surface area contributed by atoms with Gasteiger partial charge in [-0.1, -0.05) is 30.3 Å². The van der Waals surface area contributed by atoms with E-state index in [0.29, 0.717) is 22.0 Å². The molecule has 19 heavy (non-hydrogen) atoms. The molecule has 2 rings (SSSR count). The van der Waals surface area contributed by atoms with Crippen LogP contribution in [0.1, 0.15) is 17.0 Å². The quantitative estimate of drug-likeness (QED) is 0.862. The summed E-state index contributed by atoms with van der Waals surface area (Å²) in [6, 6.07) is 5.11. The van der Waals surface area contributed by atoms with E-state index in [1.54, 1.807) is 25.1 Å². The zero-order chi connectivity index (χ0) is 14.0. The summed E-state index contributed by atoms with van der Waals surface area (Å²) in [4.78, 5) is 12.4. The summed E-state index contributed by atoms with van der Waals surface area (Å²) >= 11 is 6.05. The van der Waals surface area contributed by atoms with Gasteiger partial charge in [-0.2, -0.15) is 4.80 Å². The van der Waals surface area contributed by atoms with E-state index in [1.807, 2.05) is 0 Å². The molecule has 1 N–H and O–H groups in total. The van der Waals surface area contributed by atoms with E-state index in [4.69, 9.17) is 16.7 Å². The molecule has 0 aliphatic rings. The van der Waals surface area contributed by atoms with Crippen LogP contribution in [0.3, 0.4) is 0 Å². The number of halogens is 1. The summed E-state index contributed by atoms with van der Waals surface area (Å²) in [5.41, 5.74) is 1.02. The van der Waals surface area contributed by atoms with Gasteiger partial charge in [-0.3, -0.25) is 0 Å². The Labute approximate surface area is 114 Å². The van der Waals surface area contributed by atoms with E-state index in [0.717, 1.165) is 0 Å². The Balaban J connectivity index is 2.43. The lowest BCUT2D eigenvalue weighted by Crippen LogP contribution is -2.09. The number of carbonyl (C=O) groups is 1. The Morgan fingerprint density at radius 1 is 1.53 bits per heavy atom. The van der Waals surface area contributed by atoms with Crippen molar-refractivity contribution >= 4 is 23.1 Å². The predicted octanol–water partition coefficient (Wildman–Crippen LogP) is 1.78. The Morgan fingerprint density at radius 2 is 2.26 bits per heavy atom. The molecule has 7 heteroatoms. The molecule has 0 amide bonds. The lowest BCUT2D eigenvalue weighted by Gasteiger charge is -2.10. The summed E-state index contributed by atoms with van der Waals surface area (Å²) in [5.74, 6) is -0.572. The van der Waals surface area contributed by atoms with Gasteiger partial charge in [0, 0.05) is 10.6 Å². The van der Waals surface area contributed by atoms with Crippen LogP contribution in [0.4, 0.5) is 0 Å². The maximum absolute atomic E-state index is 11.1. The van der Waals surface area contributed by atoms with Crippen LogP contribution in [0.2, 0.25) is 5.02 Å². The molecule has 0 aliphatic carbocycles. The lowest BCUT2D eigenvalue weighted by atomic mass is 10.0. The zero-order valence-electron chi connectivity index (χ0n) is 10.2. The normalized spacial score (nSPS) is 10.4. The van der Waals surface area contributed by atoms with Crippen molar-refractivity contribution in [3.63, 3.8) is 0 Å². The molecule has 1 aromatic heterocycles. The number of aryl methyl sites for hydroxylation is 1. The van der Waals surface area contributed by atoms with Gasteiger partial charge >= 0.3 is 5.97 Å². The number of carboxylic acids is 1. The van der Waals surface area contributed by atoms with Crippen molar-refractivity contribution in [3.05, 3.63) is 46.8 Å². The van der Waals surface area contributed by atoms with Crippen LogP contribution in [0, 0.1) is 6.92 Å². The van der Waals surface area contributed by atoms with Crippen LogP contribution in [0.15, 0.2) is 24.8 Å². The SMILES string of the molecule is C=C(C(=O)O)c1c(Cl)cccc1Cn1nnc(C)n1. The Morgan fingerprint density at radius 3 is 2.84 bits per heavy atom. The van der Waals surface area contributed by atoms with E-state index >= 15 is 0 Å². The summed E-state index contributed by atoms with van der Waals surface area (Å²) in [6.07, 6.45) is 0. The van der Waals surface area contributed by atoms with E-state index in [2.05, 4.69) is 22.0 Å². The fourth-order valence-corrected chi connectivity index (χ4v) is 2.00. The van der Waals surface area contributed by atoms with Crippen LogP contribution >= 0.6 is 11.6 Å². The summed E-state index contributed by atoms with van der Waals surface area (Å²) in [6.45, 7) is 5.54. The van der Waals surface area contributed by atoms with Crippen molar-refractivity contribution in [2.75, 3.05) is 0 Å². The van der Waals surface area contributed by atoms with Crippen LogP contribution in [-0.4, -0.2) is 31.3 Å². The molecule has 0 saturated heterocycles. The van der Waals surface area contributed by atoms with Gasteiger partial charge in [-0.25, -0.2) is 4.79 Å². The second-order valence-corrected chi connectivity index (χ2v) is 4.33. The minimum Gasteiger partial charge on any atom is -0.478 e. The molecule has 0 spiro atoms. The van der Waals surface area contributed by atoms with Crippen LogP contribution in [0.5, 0.6) is 0 Å². The van der Waals surface area contributed by atoms with E-state index < -0.39 is 5.97 Å². The molecule has 0 aliphatic heterocycles. The molecule has 0 fully saturated rings. The molecule has 6 nitrogen and oxygen atoms in total. The van der Waals surface area contributed by atoms with Crippen LogP contribution in [-0.2, 0) is 11.3 Å². The van der Waals surface area contributed by atoms with Gasteiger partial charge in [-0.05, 0) is 23.8 Å². The highest BCUT2D eigenvalue weighted by molar-refractivity contribution is 6.34. The third-order valence-electron chi connectivity index (χ3n) is 2.52. The number of tetrazole rings is 1. The largest absolute Gasteiger partial charge is 0.478 e. The Hall–Kier alpha value is -2.21. The van der Waals surface area contributed by atoms with Crippen molar-refractivity contribution in [1.29, 1.82) is 0 Å². The molecule has 0 radical (unpaired) electrons. The number of benzene rings is 1. The third kappa shape index (κ3) is 2.79. The number of aliphatic carboxylic acids is 1. The molecule has 2 aromatic rings. The second kappa shape index (κ2) is 5.19. The van der Waals surface area contributed by atoms with Gasteiger partial charge in [-0.15, -0.1) is 10.2 Å². The summed E-state index contributed by atoms with van der Waals surface area (Å²) in [7, 11) is 0. The fraction of sp³-hybridized carbons (Fsp3) is 0.167. The van der Waals surface area contributed by atoms with Gasteiger partial charge in [0.2, 0.25) is 0 Å². The highest BCUT2D eigenvalue weighted by Gasteiger charge is 2.16. The van der Waals surface area contributed by atoms with Gasteiger partial charge in [0.15, 0.2) is 5.82 Å². The maximum atomic E-state index is 11.1. The van der Waals surface area contributed by atoms with E-state index in [1.165, 1.54) is 4.80 Å². The first-order valence-electron chi connectivity index (χ1n) is 5.43. The van der Waals surface area contributed by atoms with Crippen molar-refractivity contribution in [2.24, 2.45) is 0 Å². The molecule has 1 heterocycles. The fourth-order valence-electron chi connectivity index (χ4n) is 1.69. The lowest BCUT2D eigenvalue weighted by molar-refractivity contribution is -0.130. The van der Waals surface area contributed by atoms with Crippen molar-refractivity contribution < 1.29 is 9.90 Å². The topological polar surface area (TPSA) is 80.9 Å². The minimum absolute atomic E-state index is 0.0579. The molecular formula is C12H11ClN4O2. The number of rotatable bonds is 4. The summed E-state index contributed by atoms with van der Waals surface area (Å²) in [5, 5.41) is 21.0. The van der Waals surface area contributed by atoms with Gasteiger partial charge in [0.05, 0.1) is 12.1 Å². The van der Waals surface area contributed by atoms with Gasteiger partial charge < -0.3 is 5.11 Å². The smallest absolute Gasteiger partial charge is 0.335 e. The number of hydrogen-bond donors (Lipinski definition) is 1. The summed E-state index contributed by atoms with van der Waals surface area (Å²) < 4.78 is 0. The number of aromatic nitrogens is 4. The number of nitrogens with zero attached hydrogens (tertiary/aromatic N) is 4. The average molecular weight is 279 g/mol. The molecule has 0 unspecified atom stereocenters. The van der Waals surface area contributed by atoms with Crippen LogP contribution in [0.25, 0.3) is 5.57 Å². The van der Waals surface area contributed by atoms with Crippen molar-refractivity contribution in [1.82, 2.24) is 20.2 Å². The molecule has 0 atom stereocenters.